The van der Waals surface area contributed by atoms with Crippen LogP contribution in [0.4, 0.5) is 9.18 Å². The van der Waals surface area contributed by atoms with Gasteiger partial charge in [-0.2, -0.15) is 0 Å². The Kier molecular flexibility index (Phi) is 14.1. The van der Waals surface area contributed by atoms with Gasteiger partial charge in [-0.3, -0.25) is 19.2 Å². The normalized spacial score (nSPS) is 18.9. The molecule has 13 nitrogen and oxygen atoms in total. The van der Waals surface area contributed by atoms with Gasteiger partial charge >= 0.3 is 12.1 Å². The summed E-state index contributed by atoms with van der Waals surface area (Å²) in [6.07, 6.45) is -2.65. The molecule has 4 N–H and O–H groups in total. The SMILES string of the molecule is COC(=O)[C@@H](NC(=O)[C@@H](NC(=O)[C@@H]1C[C@@H](F)CN1C(=O)[C@H](Cc1ccccc1)NC(=O)[C@H](C)NC(=O)OC(C)(C)C)C(C)C)C(C)C. The molecule has 1 heterocycles. The van der Waals surface area contributed by atoms with Gasteiger partial charge in [0.05, 0.1) is 13.7 Å². The predicted molar refractivity (Wildman–Crippen MR) is 171 cm³/mol. The monoisotopic (exact) mass is 663 g/mol. The number of rotatable bonds is 13. The molecule has 0 saturated carbocycles. The molecule has 1 aromatic rings. The fourth-order valence-electron chi connectivity index (χ4n) is 5.03. The van der Waals surface area contributed by atoms with Gasteiger partial charge in [0.2, 0.25) is 23.6 Å². The lowest BCUT2D eigenvalue weighted by Crippen LogP contribution is -2.59. The van der Waals surface area contributed by atoms with Crippen LogP contribution in [0.15, 0.2) is 30.3 Å². The number of methoxy groups -OCH3 is 1. The molecule has 14 heteroatoms. The first-order chi connectivity index (χ1) is 21.8. The third-order valence-electron chi connectivity index (χ3n) is 7.53. The Hall–Kier alpha value is -4.23. The molecule has 262 valence electrons. The van der Waals surface area contributed by atoms with E-state index in [1.807, 2.05) is 0 Å². The number of carbonyl (C=O) groups is 6. The number of carbonyl (C=O) groups excluding carboxylic acids is 6. The zero-order valence-corrected chi connectivity index (χ0v) is 28.7. The molecule has 0 spiro atoms. The third-order valence-corrected chi connectivity index (χ3v) is 7.53. The van der Waals surface area contributed by atoms with E-state index < -0.39 is 90.1 Å². The van der Waals surface area contributed by atoms with Crippen LogP contribution in [-0.4, -0.2) is 96.2 Å². The van der Waals surface area contributed by atoms with Gasteiger partial charge < -0.3 is 35.6 Å². The van der Waals surface area contributed by atoms with E-state index in [4.69, 9.17) is 9.47 Å². The molecule has 1 aliphatic heterocycles. The number of nitrogens with one attached hydrogen (secondary N) is 4. The summed E-state index contributed by atoms with van der Waals surface area (Å²) in [5, 5.41) is 10.3. The fourth-order valence-corrected chi connectivity index (χ4v) is 5.03. The number of nitrogens with zero attached hydrogens (tertiary/aromatic N) is 1. The maximum Gasteiger partial charge on any atom is 0.408 e. The third kappa shape index (κ3) is 11.8. The van der Waals surface area contributed by atoms with Crippen LogP contribution in [-0.2, 0) is 39.9 Å². The van der Waals surface area contributed by atoms with E-state index in [2.05, 4.69) is 21.3 Å². The van der Waals surface area contributed by atoms with Gasteiger partial charge in [-0.1, -0.05) is 58.0 Å². The first-order valence-electron chi connectivity index (χ1n) is 15.8. The molecule has 1 saturated heterocycles. The highest BCUT2D eigenvalue weighted by Gasteiger charge is 2.44. The quantitative estimate of drug-likeness (QED) is 0.232. The second-order valence-electron chi connectivity index (χ2n) is 13.4. The summed E-state index contributed by atoms with van der Waals surface area (Å²) in [4.78, 5) is 79.5. The summed E-state index contributed by atoms with van der Waals surface area (Å²) in [6.45, 7) is 12.9. The van der Waals surface area contributed by atoms with Crippen molar-refractivity contribution < 1.29 is 42.6 Å². The van der Waals surface area contributed by atoms with Gasteiger partial charge in [-0.25, -0.2) is 14.0 Å². The Morgan fingerprint density at radius 3 is 2.00 bits per heavy atom. The number of benzene rings is 1. The second-order valence-corrected chi connectivity index (χ2v) is 13.4. The Morgan fingerprint density at radius 1 is 0.872 bits per heavy atom. The van der Waals surface area contributed by atoms with Crippen LogP contribution >= 0.6 is 0 Å². The number of alkyl carbamates (subject to hydrolysis) is 1. The molecule has 47 heavy (non-hydrogen) atoms. The number of hydrogen-bond acceptors (Lipinski definition) is 8. The molecule has 1 aliphatic rings. The summed E-state index contributed by atoms with van der Waals surface area (Å²) < 4.78 is 24.9. The van der Waals surface area contributed by atoms with E-state index in [1.165, 1.54) is 14.0 Å². The lowest BCUT2D eigenvalue weighted by atomic mass is 9.99. The van der Waals surface area contributed by atoms with E-state index in [-0.39, 0.29) is 18.8 Å². The number of alkyl halides is 1. The van der Waals surface area contributed by atoms with E-state index in [0.29, 0.717) is 5.56 Å². The van der Waals surface area contributed by atoms with Crippen LogP contribution in [0, 0.1) is 11.8 Å². The number of likely N-dealkylation sites (tertiary alicyclic amines) is 1. The molecule has 5 amide bonds. The molecule has 0 radical (unpaired) electrons. The Balaban J connectivity index is 2.28. The van der Waals surface area contributed by atoms with Crippen molar-refractivity contribution in [2.45, 2.75) is 110 Å². The molecular weight excluding hydrogens is 613 g/mol. The molecule has 0 unspecified atom stereocenters. The first kappa shape index (κ1) is 39.0. The zero-order chi connectivity index (χ0) is 35.6. The van der Waals surface area contributed by atoms with Gasteiger partial charge in [0, 0.05) is 12.8 Å². The molecular formula is C33H50FN5O8. The highest BCUT2D eigenvalue weighted by atomic mass is 19.1. The molecule has 0 aromatic heterocycles. The van der Waals surface area contributed by atoms with Crippen LogP contribution < -0.4 is 21.3 Å². The van der Waals surface area contributed by atoms with Gasteiger partial charge in [-0.15, -0.1) is 0 Å². The van der Waals surface area contributed by atoms with Gasteiger partial charge in [0.25, 0.3) is 0 Å². The van der Waals surface area contributed by atoms with Crippen LogP contribution in [0.5, 0.6) is 0 Å². The molecule has 6 atom stereocenters. The number of hydrogen-bond donors (Lipinski definition) is 4. The predicted octanol–water partition coefficient (Wildman–Crippen LogP) is 2.02. The summed E-state index contributed by atoms with van der Waals surface area (Å²) in [6, 6.07) is 3.17. The van der Waals surface area contributed by atoms with E-state index in [9.17, 15) is 33.2 Å². The number of esters is 1. The minimum atomic E-state index is -1.54. The summed E-state index contributed by atoms with van der Waals surface area (Å²) in [5.41, 5.74) is -0.106. The van der Waals surface area contributed by atoms with Crippen LogP contribution in [0.3, 0.4) is 0 Å². The Labute approximate surface area is 276 Å². The zero-order valence-electron chi connectivity index (χ0n) is 28.7. The van der Waals surface area contributed by atoms with E-state index in [1.54, 1.807) is 78.8 Å². The standard InChI is InChI=1S/C33H50FN5O8/c1-18(2)25(29(42)38-26(19(3)4)31(44)46-9)37-28(41)24-16-22(34)17-39(24)30(43)23(15-21-13-11-10-12-14-21)36-27(40)20(5)35-32(45)47-33(6,7)8/h10-14,18-20,22-26H,15-17H2,1-9H3,(H,35,45)(H,36,40)(H,37,41)(H,38,42)/t20-,22+,23-,24-,25-,26-/m0/s1. The average molecular weight is 664 g/mol. The largest absolute Gasteiger partial charge is 0.467 e. The first-order valence-corrected chi connectivity index (χ1v) is 15.8. The average Bonchev–Trinajstić information content (AvgIpc) is 3.37. The van der Waals surface area contributed by atoms with Crippen LogP contribution in [0.25, 0.3) is 0 Å². The van der Waals surface area contributed by atoms with Crippen molar-refractivity contribution >= 4 is 35.7 Å². The molecule has 1 aromatic carbocycles. The molecule has 1 fully saturated rings. The maximum absolute atomic E-state index is 14.9. The van der Waals surface area contributed by atoms with Crippen molar-refractivity contribution in [3.63, 3.8) is 0 Å². The topological polar surface area (TPSA) is 172 Å². The highest BCUT2D eigenvalue weighted by Crippen LogP contribution is 2.23. The van der Waals surface area contributed by atoms with Crippen molar-refractivity contribution in [1.82, 2.24) is 26.2 Å². The molecule has 0 aliphatic carbocycles. The minimum Gasteiger partial charge on any atom is -0.467 e. The highest BCUT2D eigenvalue weighted by molar-refractivity contribution is 5.96. The summed E-state index contributed by atoms with van der Waals surface area (Å²) >= 11 is 0. The van der Waals surface area contributed by atoms with Gasteiger partial charge in [0.15, 0.2) is 0 Å². The lowest BCUT2D eigenvalue weighted by Gasteiger charge is -2.31. The van der Waals surface area contributed by atoms with Gasteiger partial charge in [-0.05, 0) is 45.1 Å². The summed E-state index contributed by atoms with van der Waals surface area (Å²) in [7, 11) is 1.20. The maximum atomic E-state index is 14.9. The second kappa shape index (κ2) is 17.1. The molecule has 0 bridgehead atoms. The number of halogens is 1. The van der Waals surface area contributed by atoms with Crippen molar-refractivity contribution in [3.8, 4) is 0 Å². The summed E-state index contributed by atoms with van der Waals surface area (Å²) in [5.74, 6) is -4.16. The van der Waals surface area contributed by atoms with Crippen molar-refractivity contribution in [1.29, 1.82) is 0 Å². The van der Waals surface area contributed by atoms with E-state index in [0.717, 1.165) is 4.90 Å². The van der Waals surface area contributed by atoms with Crippen molar-refractivity contribution in [2.24, 2.45) is 11.8 Å². The smallest absolute Gasteiger partial charge is 0.408 e. The van der Waals surface area contributed by atoms with Crippen LogP contribution in [0.1, 0.15) is 67.4 Å². The van der Waals surface area contributed by atoms with Crippen molar-refractivity contribution in [2.75, 3.05) is 13.7 Å². The number of amides is 5. The lowest BCUT2D eigenvalue weighted by molar-refractivity contribution is -0.147. The fraction of sp³-hybridized carbons (Fsp3) is 0.636. The van der Waals surface area contributed by atoms with Gasteiger partial charge in [0.1, 0.15) is 42.0 Å². The minimum absolute atomic E-state index is 0.0213. The van der Waals surface area contributed by atoms with Crippen LogP contribution in [0.2, 0.25) is 0 Å². The Bertz CT molecular complexity index is 1270. The van der Waals surface area contributed by atoms with E-state index >= 15 is 0 Å². The number of ether oxygens (including phenoxy) is 2. The molecule has 2 rings (SSSR count). The Morgan fingerprint density at radius 2 is 1.47 bits per heavy atom. The van der Waals surface area contributed by atoms with Crippen molar-refractivity contribution in [3.05, 3.63) is 35.9 Å².